The van der Waals surface area contributed by atoms with Gasteiger partial charge in [0.1, 0.15) is 22.4 Å². The minimum absolute atomic E-state index is 0.141. The highest BCUT2D eigenvalue weighted by atomic mass is 35.5. The van der Waals surface area contributed by atoms with Gasteiger partial charge < -0.3 is 5.11 Å². The first kappa shape index (κ1) is 12.4. The third kappa shape index (κ3) is 2.04. The molecule has 1 N–H and O–H groups in total. The summed E-state index contributed by atoms with van der Waals surface area (Å²) in [5, 5.41) is 8.70. The van der Waals surface area contributed by atoms with E-state index in [-0.39, 0.29) is 10.7 Å². The summed E-state index contributed by atoms with van der Waals surface area (Å²) in [7, 11) is 0. The van der Waals surface area contributed by atoms with Gasteiger partial charge >= 0.3 is 5.97 Å². The van der Waals surface area contributed by atoms with E-state index in [2.05, 4.69) is 4.98 Å². The summed E-state index contributed by atoms with van der Waals surface area (Å²) < 4.78 is 27.2. The Morgan fingerprint density at radius 1 is 1.22 bits per heavy atom. The molecule has 2 rings (SSSR count). The number of nitrogens with zero attached hydrogens (tertiary/aromatic N) is 1. The minimum atomic E-state index is -1.40. The van der Waals surface area contributed by atoms with Gasteiger partial charge in [0, 0.05) is 11.8 Å². The number of aromatic nitrogens is 1. The van der Waals surface area contributed by atoms with Crippen molar-refractivity contribution in [1.82, 2.24) is 4.98 Å². The lowest BCUT2D eigenvalue weighted by Crippen LogP contribution is -2.04. The zero-order chi connectivity index (χ0) is 13.3. The second-order valence-corrected chi connectivity index (χ2v) is 3.78. The molecule has 0 aliphatic carbocycles. The number of carboxylic acid groups (broad SMARTS) is 1. The SMILES string of the molecule is O=C(O)c1c(-c2c(F)cccc2F)ccnc1Cl. The molecular weight excluding hydrogens is 264 g/mol. The molecule has 0 atom stereocenters. The summed E-state index contributed by atoms with van der Waals surface area (Å²) in [6.45, 7) is 0. The van der Waals surface area contributed by atoms with E-state index in [0.29, 0.717) is 0 Å². The summed E-state index contributed by atoms with van der Waals surface area (Å²) in [6.07, 6.45) is 1.19. The van der Waals surface area contributed by atoms with E-state index in [4.69, 9.17) is 16.7 Å². The molecule has 0 radical (unpaired) electrons. The van der Waals surface area contributed by atoms with Gasteiger partial charge in [-0.05, 0) is 18.2 Å². The van der Waals surface area contributed by atoms with E-state index >= 15 is 0 Å². The van der Waals surface area contributed by atoms with Crippen molar-refractivity contribution in [2.45, 2.75) is 0 Å². The predicted octanol–water partition coefficient (Wildman–Crippen LogP) is 3.38. The smallest absolute Gasteiger partial charge is 0.339 e. The van der Waals surface area contributed by atoms with Crippen molar-refractivity contribution in [3.8, 4) is 11.1 Å². The maximum absolute atomic E-state index is 13.6. The van der Waals surface area contributed by atoms with Crippen molar-refractivity contribution >= 4 is 17.6 Å². The largest absolute Gasteiger partial charge is 0.478 e. The molecule has 92 valence electrons. The lowest BCUT2D eigenvalue weighted by Gasteiger charge is -2.09. The Bertz CT molecular complexity index is 611. The highest BCUT2D eigenvalue weighted by molar-refractivity contribution is 6.33. The van der Waals surface area contributed by atoms with Crippen LogP contribution in [-0.4, -0.2) is 16.1 Å². The second kappa shape index (κ2) is 4.70. The first-order chi connectivity index (χ1) is 8.52. The van der Waals surface area contributed by atoms with Gasteiger partial charge in [0.2, 0.25) is 0 Å². The third-order valence-corrected chi connectivity index (χ3v) is 2.64. The fraction of sp³-hybridized carbons (Fsp3) is 0. The molecule has 18 heavy (non-hydrogen) atoms. The number of rotatable bonds is 2. The summed E-state index contributed by atoms with van der Waals surface area (Å²) in [5.74, 6) is -3.12. The molecule has 6 heteroatoms. The molecule has 0 amide bonds. The molecule has 1 heterocycles. The van der Waals surface area contributed by atoms with Crippen LogP contribution in [-0.2, 0) is 0 Å². The highest BCUT2D eigenvalue weighted by Gasteiger charge is 2.21. The van der Waals surface area contributed by atoms with Gasteiger partial charge in [-0.25, -0.2) is 18.6 Å². The van der Waals surface area contributed by atoms with Crippen LogP contribution in [0.15, 0.2) is 30.5 Å². The van der Waals surface area contributed by atoms with Gasteiger partial charge in [-0.2, -0.15) is 0 Å². The van der Waals surface area contributed by atoms with Crippen LogP contribution in [0.25, 0.3) is 11.1 Å². The Labute approximate surface area is 106 Å². The van der Waals surface area contributed by atoms with Crippen molar-refractivity contribution in [2.75, 3.05) is 0 Å². The number of aromatic carboxylic acids is 1. The number of benzene rings is 1. The molecule has 0 fully saturated rings. The Morgan fingerprint density at radius 3 is 2.39 bits per heavy atom. The number of hydrogen-bond donors (Lipinski definition) is 1. The Hall–Kier alpha value is -2.01. The van der Waals surface area contributed by atoms with Crippen LogP contribution >= 0.6 is 11.6 Å². The standard InChI is InChI=1S/C12H6ClF2NO2/c13-11-10(12(17)18)6(4-5-16-11)9-7(14)2-1-3-8(9)15/h1-5H,(H,17,18). The van der Waals surface area contributed by atoms with Crippen LogP contribution < -0.4 is 0 Å². The number of carboxylic acids is 1. The van der Waals surface area contributed by atoms with Crippen LogP contribution in [0.5, 0.6) is 0 Å². The van der Waals surface area contributed by atoms with E-state index in [1.54, 1.807) is 0 Å². The second-order valence-electron chi connectivity index (χ2n) is 3.43. The lowest BCUT2D eigenvalue weighted by atomic mass is 10.0. The fourth-order valence-corrected chi connectivity index (χ4v) is 1.84. The maximum Gasteiger partial charge on any atom is 0.339 e. The molecule has 0 saturated carbocycles. The highest BCUT2D eigenvalue weighted by Crippen LogP contribution is 2.31. The van der Waals surface area contributed by atoms with Gasteiger partial charge in [-0.3, -0.25) is 0 Å². The topological polar surface area (TPSA) is 50.2 Å². The summed E-state index contributed by atoms with van der Waals surface area (Å²) in [5.41, 5.74) is -1.000. The van der Waals surface area contributed by atoms with Crippen molar-refractivity contribution in [3.63, 3.8) is 0 Å². The van der Waals surface area contributed by atoms with Crippen molar-refractivity contribution < 1.29 is 18.7 Å². The summed E-state index contributed by atoms with van der Waals surface area (Å²) >= 11 is 5.64. The minimum Gasteiger partial charge on any atom is -0.478 e. The van der Waals surface area contributed by atoms with Crippen LogP contribution in [0.4, 0.5) is 8.78 Å². The monoisotopic (exact) mass is 269 g/mol. The Balaban J connectivity index is 2.80. The molecule has 1 aromatic carbocycles. The van der Waals surface area contributed by atoms with Crippen LogP contribution in [0.3, 0.4) is 0 Å². The van der Waals surface area contributed by atoms with Crippen LogP contribution in [0.2, 0.25) is 5.15 Å². The molecular formula is C12H6ClF2NO2. The first-order valence-electron chi connectivity index (χ1n) is 4.84. The molecule has 3 nitrogen and oxygen atoms in total. The Morgan fingerprint density at radius 2 is 1.83 bits per heavy atom. The third-order valence-electron chi connectivity index (χ3n) is 2.35. The normalized spacial score (nSPS) is 10.4. The zero-order valence-electron chi connectivity index (χ0n) is 8.82. The average Bonchev–Trinajstić information content (AvgIpc) is 2.28. The molecule has 2 aromatic rings. The number of hydrogen-bond acceptors (Lipinski definition) is 2. The van der Waals surface area contributed by atoms with Crippen LogP contribution in [0, 0.1) is 11.6 Å². The predicted molar refractivity (Wildman–Crippen MR) is 61.6 cm³/mol. The molecule has 0 unspecified atom stereocenters. The molecule has 0 aliphatic rings. The maximum atomic E-state index is 13.6. The quantitative estimate of drug-likeness (QED) is 0.850. The van der Waals surface area contributed by atoms with E-state index in [9.17, 15) is 13.6 Å². The van der Waals surface area contributed by atoms with Crippen molar-refractivity contribution in [3.05, 3.63) is 52.8 Å². The van der Waals surface area contributed by atoms with E-state index in [1.165, 1.54) is 18.3 Å². The summed E-state index contributed by atoms with van der Waals surface area (Å²) in [6, 6.07) is 4.48. The molecule has 0 spiro atoms. The fourth-order valence-electron chi connectivity index (χ4n) is 1.60. The molecule has 0 saturated heterocycles. The Kier molecular flexibility index (Phi) is 3.25. The molecule has 1 aromatic heterocycles. The number of halogens is 3. The van der Waals surface area contributed by atoms with Gasteiger partial charge in [-0.1, -0.05) is 17.7 Å². The van der Waals surface area contributed by atoms with Gasteiger partial charge in [0.15, 0.2) is 0 Å². The van der Waals surface area contributed by atoms with Gasteiger partial charge in [0.05, 0.1) is 5.56 Å². The average molecular weight is 270 g/mol. The van der Waals surface area contributed by atoms with Crippen molar-refractivity contribution in [1.29, 1.82) is 0 Å². The lowest BCUT2D eigenvalue weighted by molar-refractivity contribution is 0.0697. The van der Waals surface area contributed by atoms with Crippen molar-refractivity contribution in [2.24, 2.45) is 0 Å². The van der Waals surface area contributed by atoms with Gasteiger partial charge in [-0.15, -0.1) is 0 Å². The van der Waals surface area contributed by atoms with Gasteiger partial charge in [0.25, 0.3) is 0 Å². The molecule has 0 aliphatic heterocycles. The van der Waals surface area contributed by atoms with E-state index in [1.807, 2.05) is 0 Å². The number of carbonyl (C=O) groups is 1. The summed E-state index contributed by atoms with van der Waals surface area (Å²) in [4.78, 5) is 14.7. The zero-order valence-corrected chi connectivity index (χ0v) is 9.58. The van der Waals surface area contributed by atoms with E-state index < -0.39 is 28.7 Å². The van der Waals surface area contributed by atoms with E-state index in [0.717, 1.165) is 12.1 Å². The van der Waals surface area contributed by atoms with Crippen LogP contribution in [0.1, 0.15) is 10.4 Å². The number of pyridine rings is 1. The molecule has 0 bridgehead atoms. The first-order valence-corrected chi connectivity index (χ1v) is 5.22.